The van der Waals surface area contributed by atoms with Crippen molar-refractivity contribution in [2.45, 2.75) is 13.5 Å². The third kappa shape index (κ3) is 4.48. The number of hydrogen-bond acceptors (Lipinski definition) is 4. The van der Waals surface area contributed by atoms with E-state index in [4.69, 9.17) is 39.5 Å². The van der Waals surface area contributed by atoms with E-state index in [9.17, 15) is 4.79 Å². The maximum Gasteiger partial charge on any atom is 0.230 e. The fourth-order valence-electron chi connectivity index (χ4n) is 2.25. The van der Waals surface area contributed by atoms with Gasteiger partial charge in [-0.25, -0.2) is 4.98 Å². The maximum absolute atomic E-state index is 12.1. The zero-order valence-electron chi connectivity index (χ0n) is 13.6. The normalized spacial score (nSPS) is 10.6. The number of nitrogens with zero attached hydrogens (tertiary/aromatic N) is 2. The first kappa shape index (κ1) is 19.0. The summed E-state index contributed by atoms with van der Waals surface area (Å²) in [5.41, 5.74) is 1.34. The summed E-state index contributed by atoms with van der Waals surface area (Å²) in [6.07, 6.45) is 0. The van der Waals surface area contributed by atoms with Crippen LogP contribution in [0.1, 0.15) is 12.6 Å². The number of ether oxygens (including phenoxy) is 1. The molecule has 3 rings (SSSR count). The number of amides is 1. The Hall–Kier alpha value is -1.79. The van der Waals surface area contributed by atoms with Crippen molar-refractivity contribution in [3.05, 3.63) is 68.6 Å². The van der Waals surface area contributed by atoms with Crippen LogP contribution in [0.15, 0.2) is 47.8 Å². The zero-order valence-corrected chi connectivity index (χ0v) is 16.7. The average molecular weight is 428 g/mol. The Morgan fingerprint density at radius 3 is 2.62 bits per heavy atom. The highest BCUT2D eigenvalue weighted by Gasteiger charge is 2.18. The van der Waals surface area contributed by atoms with Gasteiger partial charge in [0, 0.05) is 22.3 Å². The highest BCUT2D eigenvalue weighted by Crippen LogP contribution is 2.32. The topological polar surface area (TPSA) is 42.4 Å². The summed E-state index contributed by atoms with van der Waals surface area (Å²) in [7, 11) is 0. The Morgan fingerprint density at radius 1 is 1.15 bits per heavy atom. The van der Waals surface area contributed by atoms with Crippen molar-refractivity contribution in [3.8, 4) is 5.75 Å². The second-order valence-electron chi connectivity index (χ2n) is 5.32. The molecule has 0 N–H and O–H groups in total. The minimum atomic E-state index is -0.158. The van der Waals surface area contributed by atoms with Crippen molar-refractivity contribution in [1.29, 1.82) is 0 Å². The number of thiazole rings is 1. The molecule has 0 atom stereocenters. The molecule has 0 spiro atoms. The molecule has 8 heteroatoms. The van der Waals surface area contributed by atoms with Gasteiger partial charge in [0.15, 0.2) is 5.13 Å². The number of carbonyl (C=O) groups is 1. The molecular weight excluding hydrogens is 415 g/mol. The van der Waals surface area contributed by atoms with E-state index in [0.717, 1.165) is 0 Å². The van der Waals surface area contributed by atoms with Crippen molar-refractivity contribution in [3.63, 3.8) is 0 Å². The summed E-state index contributed by atoms with van der Waals surface area (Å²) < 4.78 is 5.69. The predicted octanol–water partition coefficient (Wildman–Crippen LogP) is 6.37. The van der Waals surface area contributed by atoms with Crippen LogP contribution in [0.25, 0.3) is 0 Å². The van der Waals surface area contributed by atoms with Gasteiger partial charge in [-0.2, -0.15) is 0 Å². The zero-order chi connectivity index (χ0) is 18.7. The van der Waals surface area contributed by atoms with Gasteiger partial charge in [-0.1, -0.05) is 40.9 Å². The number of aromatic nitrogens is 1. The van der Waals surface area contributed by atoms with Gasteiger partial charge in [0.05, 0.1) is 16.4 Å². The summed E-state index contributed by atoms with van der Waals surface area (Å²) in [5.74, 6) is 0.360. The molecule has 26 heavy (non-hydrogen) atoms. The molecule has 3 aromatic rings. The molecule has 0 saturated carbocycles. The van der Waals surface area contributed by atoms with Crippen molar-refractivity contribution in [2.75, 3.05) is 4.90 Å². The number of rotatable bonds is 5. The standard InChI is InChI=1S/C18H13Cl3N2O2S/c1-11(24)23(15-4-2-3-12(19)7-15)18-22-14(10-26-18)9-25-17-6-5-13(20)8-16(17)21/h2-8,10H,9H2,1H3. The lowest BCUT2D eigenvalue weighted by atomic mass is 10.3. The van der Waals surface area contributed by atoms with E-state index in [1.54, 1.807) is 42.5 Å². The van der Waals surface area contributed by atoms with Crippen LogP contribution in [0, 0.1) is 0 Å². The quantitative estimate of drug-likeness (QED) is 0.475. The monoisotopic (exact) mass is 426 g/mol. The van der Waals surface area contributed by atoms with Gasteiger partial charge in [-0.3, -0.25) is 9.69 Å². The lowest BCUT2D eigenvalue weighted by molar-refractivity contribution is -0.115. The maximum atomic E-state index is 12.1. The summed E-state index contributed by atoms with van der Waals surface area (Å²) in [6, 6.07) is 12.1. The van der Waals surface area contributed by atoms with Gasteiger partial charge in [0.2, 0.25) is 5.91 Å². The smallest absolute Gasteiger partial charge is 0.230 e. The van der Waals surface area contributed by atoms with Crippen LogP contribution in [0.2, 0.25) is 15.1 Å². The van der Waals surface area contributed by atoms with E-state index >= 15 is 0 Å². The van der Waals surface area contributed by atoms with E-state index in [1.165, 1.54) is 23.2 Å². The molecule has 0 unspecified atom stereocenters. The fraction of sp³-hybridized carbons (Fsp3) is 0.111. The Labute approximate surface area is 169 Å². The van der Waals surface area contributed by atoms with Gasteiger partial charge in [0.25, 0.3) is 0 Å². The van der Waals surface area contributed by atoms with Crippen LogP contribution in [0.5, 0.6) is 5.75 Å². The highest BCUT2D eigenvalue weighted by molar-refractivity contribution is 7.14. The van der Waals surface area contributed by atoms with Crippen LogP contribution in [0.4, 0.5) is 10.8 Å². The van der Waals surface area contributed by atoms with Crippen LogP contribution in [0.3, 0.4) is 0 Å². The highest BCUT2D eigenvalue weighted by atomic mass is 35.5. The molecule has 0 aliphatic carbocycles. The number of carbonyl (C=O) groups excluding carboxylic acids is 1. The second kappa shape index (κ2) is 8.27. The Morgan fingerprint density at radius 2 is 1.92 bits per heavy atom. The number of benzene rings is 2. The van der Waals surface area contributed by atoms with Crippen LogP contribution < -0.4 is 9.64 Å². The first-order chi connectivity index (χ1) is 12.4. The Balaban J connectivity index is 1.78. The molecule has 0 bridgehead atoms. The lowest BCUT2D eigenvalue weighted by Gasteiger charge is -2.18. The fourth-order valence-corrected chi connectivity index (χ4v) is 3.77. The molecule has 0 fully saturated rings. The van der Waals surface area contributed by atoms with Gasteiger partial charge < -0.3 is 4.74 Å². The predicted molar refractivity (Wildman–Crippen MR) is 107 cm³/mol. The third-order valence-corrected chi connectivity index (χ3v) is 5.02. The van der Waals surface area contributed by atoms with Gasteiger partial charge in [-0.15, -0.1) is 11.3 Å². The summed E-state index contributed by atoms with van der Waals surface area (Å²) >= 11 is 19.3. The first-order valence-corrected chi connectivity index (χ1v) is 9.54. The molecule has 0 aliphatic rings. The molecule has 2 aromatic carbocycles. The average Bonchev–Trinajstić information content (AvgIpc) is 3.02. The van der Waals surface area contributed by atoms with Crippen LogP contribution in [-0.2, 0) is 11.4 Å². The molecule has 1 heterocycles. The molecule has 134 valence electrons. The number of halogens is 3. The molecule has 1 amide bonds. The van der Waals surface area contributed by atoms with Gasteiger partial charge >= 0.3 is 0 Å². The molecule has 0 aliphatic heterocycles. The van der Waals surface area contributed by atoms with E-state index in [-0.39, 0.29) is 12.5 Å². The van der Waals surface area contributed by atoms with Gasteiger partial charge in [-0.05, 0) is 36.4 Å². The lowest BCUT2D eigenvalue weighted by Crippen LogP contribution is -2.22. The first-order valence-electron chi connectivity index (χ1n) is 7.52. The number of hydrogen-bond donors (Lipinski definition) is 0. The van der Waals surface area contributed by atoms with Gasteiger partial charge in [0.1, 0.15) is 12.4 Å². The summed E-state index contributed by atoms with van der Waals surface area (Å²) in [6.45, 7) is 1.70. The Kier molecular flexibility index (Phi) is 6.04. The number of anilines is 2. The molecule has 1 aromatic heterocycles. The summed E-state index contributed by atoms with van der Waals surface area (Å²) in [5, 5.41) is 3.89. The van der Waals surface area contributed by atoms with E-state index in [2.05, 4.69) is 4.98 Å². The van der Waals surface area contributed by atoms with Crippen LogP contribution in [-0.4, -0.2) is 10.9 Å². The second-order valence-corrected chi connectivity index (χ2v) is 7.44. The van der Waals surface area contributed by atoms with Crippen LogP contribution >= 0.6 is 46.1 Å². The Bertz CT molecular complexity index is 946. The van der Waals surface area contributed by atoms with Crippen molar-refractivity contribution < 1.29 is 9.53 Å². The molecule has 0 radical (unpaired) electrons. The van der Waals surface area contributed by atoms with E-state index in [0.29, 0.717) is 37.3 Å². The SMILES string of the molecule is CC(=O)N(c1cccc(Cl)c1)c1nc(COc2ccc(Cl)cc2Cl)cs1. The van der Waals surface area contributed by atoms with E-state index < -0.39 is 0 Å². The minimum Gasteiger partial charge on any atom is -0.486 e. The largest absolute Gasteiger partial charge is 0.486 e. The molecule has 0 saturated heterocycles. The molecule has 4 nitrogen and oxygen atoms in total. The minimum absolute atomic E-state index is 0.158. The molecular formula is C18H13Cl3N2O2S. The van der Waals surface area contributed by atoms with E-state index in [1.807, 2.05) is 5.38 Å². The van der Waals surface area contributed by atoms with Crippen molar-refractivity contribution >= 4 is 62.9 Å². The van der Waals surface area contributed by atoms with Crippen molar-refractivity contribution in [2.24, 2.45) is 0 Å². The summed E-state index contributed by atoms with van der Waals surface area (Å²) in [4.78, 5) is 18.1. The van der Waals surface area contributed by atoms with Crippen molar-refractivity contribution in [1.82, 2.24) is 4.98 Å². The third-order valence-electron chi connectivity index (χ3n) is 3.38.